The third-order valence-corrected chi connectivity index (χ3v) is 1.27. The van der Waals surface area contributed by atoms with E-state index in [0.717, 1.165) is 0 Å². The van der Waals surface area contributed by atoms with Crippen LogP contribution in [0.25, 0.3) is 0 Å². The predicted molar refractivity (Wildman–Crippen MR) is 27.4 cm³/mol. The second-order valence-electron chi connectivity index (χ2n) is 1.55. The molecule has 0 saturated heterocycles. The largest absolute Gasteiger partial charge is 0.392 e. The molecule has 0 bridgehead atoms. The first kappa shape index (κ1) is 9.86. The van der Waals surface area contributed by atoms with Gasteiger partial charge >= 0.3 is 6.18 Å². The van der Waals surface area contributed by atoms with Gasteiger partial charge in [-0.2, -0.15) is 13.2 Å². The van der Waals surface area contributed by atoms with Crippen molar-refractivity contribution in [3.05, 3.63) is 0 Å². The van der Waals surface area contributed by atoms with E-state index in [-0.39, 0.29) is 0 Å². The standard InChI is InChI=1S/C3H5F3O3S/c4-3(5,6)1-2(7)10(8)9/h2,7H,1H2,(H,8,9). The van der Waals surface area contributed by atoms with Gasteiger partial charge in [0.15, 0.2) is 16.5 Å². The van der Waals surface area contributed by atoms with Crippen molar-refractivity contribution >= 4 is 11.1 Å². The first-order chi connectivity index (χ1) is 4.33. The molecule has 0 fully saturated rings. The molecule has 0 aromatic heterocycles. The Morgan fingerprint density at radius 1 is 1.50 bits per heavy atom. The van der Waals surface area contributed by atoms with E-state index in [4.69, 9.17) is 9.66 Å². The number of rotatable bonds is 2. The molecule has 0 rings (SSSR count). The van der Waals surface area contributed by atoms with E-state index in [2.05, 4.69) is 0 Å². The van der Waals surface area contributed by atoms with Crippen molar-refractivity contribution < 1.29 is 27.0 Å². The lowest BCUT2D eigenvalue weighted by Crippen LogP contribution is -2.22. The number of hydrogen-bond acceptors (Lipinski definition) is 2. The number of hydrogen-bond donors (Lipinski definition) is 2. The second-order valence-corrected chi connectivity index (χ2v) is 2.65. The minimum Gasteiger partial charge on any atom is -0.377 e. The van der Waals surface area contributed by atoms with E-state index in [9.17, 15) is 17.4 Å². The summed E-state index contributed by atoms with van der Waals surface area (Å²) >= 11 is -2.82. The summed E-state index contributed by atoms with van der Waals surface area (Å²) < 4.78 is 51.4. The fourth-order valence-corrected chi connectivity index (χ4v) is 0.601. The fraction of sp³-hybridized carbons (Fsp3) is 1.00. The maximum atomic E-state index is 11.3. The lowest BCUT2D eigenvalue weighted by Gasteiger charge is -2.08. The molecule has 0 spiro atoms. The molecule has 2 unspecified atom stereocenters. The fourth-order valence-electron chi connectivity index (χ4n) is 0.269. The Bertz CT molecular complexity index is 133. The smallest absolute Gasteiger partial charge is 0.377 e. The Kier molecular flexibility index (Phi) is 3.26. The second kappa shape index (κ2) is 3.31. The van der Waals surface area contributed by atoms with Crippen LogP contribution in [0.15, 0.2) is 0 Å². The van der Waals surface area contributed by atoms with Gasteiger partial charge in [0.25, 0.3) is 0 Å². The van der Waals surface area contributed by atoms with Crippen molar-refractivity contribution in [3.63, 3.8) is 0 Å². The van der Waals surface area contributed by atoms with Crippen molar-refractivity contribution in [1.29, 1.82) is 0 Å². The van der Waals surface area contributed by atoms with Crippen molar-refractivity contribution in [3.8, 4) is 0 Å². The van der Waals surface area contributed by atoms with Crippen molar-refractivity contribution in [2.45, 2.75) is 18.0 Å². The van der Waals surface area contributed by atoms with E-state index in [1.54, 1.807) is 0 Å². The van der Waals surface area contributed by atoms with Crippen LogP contribution in [0.4, 0.5) is 13.2 Å². The van der Waals surface area contributed by atoms with Gasteiger partial charge in [0.2, 0.25) is 0 Å². The van der Waals surface area contributed by atoms with E-state index >= 15 is 0 Å². The number of halogens is 3. The van der Waals surface area contributed by atoms with Crippen LogP contribution in [0.2, 0.25) is 0 Å². The Hall–Kier alpha value is -0.140. The predicted octanol–water partition coefficient (Wildman–Crippen LogP) is 0.479. The molecule has 0 aromatic carbocycles. The average molecular weight is 178 g/mol. The van der Waals surface area contributed by atoms with Crippen LogP contribution in [-0.4, -0.2) is 25.5 Å². The molecule has 0 aromatic rings. The topological polar surface area (TPSA) is 57.5 Å². The third kappa shape index (κ3) is 4.71. The number of aliphatic hydroxyl groups is 1. The Labute approximate surface area is 57.1 Å². The Balaban J connectivity index is 3.80. The molecule has 7 heteroatoms. The zero-order valence-electron chi connectivity index (χ0n) is 4.63. The highest BCUT2D eigenvalue weighted by atomic mass is 32.2. The summed E-state index contributed by atoms with van der Waals surface area (Å²) in [4.78, 5) is 0. The van der Waals surface area contributed by atoms with Crippen molar-refractivity contribution in [2.75, 3.05) is 0 Å². The third-order valence-electron chi connectivity index (χ3n) is 0.639. The van der Waals surface area contributed by atoms with Gasteiger partial charge in [0, 0.05) is 0 Å². The van der Waals surface area contributed by atoms with Crippen molar-refractivity contribution in [1.82, 2.24) is 0 Å². The zero-order valence-corrected chi connectivity index (χ0v) is 5.45. The number of alkyl halides is 3. The lowest BCUT2D eigenvalue weighted by molar-refractivity contribution is -0.145. The molecule has 2 N–H and O–H groups in total. The molecule has 0 heterocycles. The molecule has 0 aliphatic heterocycles. The van der Waals surface area contributed by atoms with Crippen molar-refractivity contribution in [2.24, 2.45) is 0 Å². The van der Waals surface area contributed by atoms with E-state index in [1.165, 1.54) is 0 Å². The molecule has 3 nitrogen and oxygen atoms in total. The summed E-state index contributed by atoms with van der Waals surface area (Å²) in [7, 11) is 0. The van der Waals surface area contributed by atoms with Gasteiger partial charge < -0.3 is 9.66 Å². The monoisotopic (exact) mass is 178 g/mol. The van der Waals surface area contributed by atoms with Crippen LogP contribution in [0, 0.1) is 0 Å². The average Bonchev–Trinajstić information content (AvgIpc) is 1.60. The molecule has 10 heavy (non-hydrogen) atoms. The summed E-state index contributed by atoms with van der Waals surface area (Å²) in [5, 5.41) is 8.19. The first-order valence-corrected chi connectivity index (χ1v) is 3.34. The highest BCUT2D eigenvalue weighted by molar-refractivity contribution is 7.79. The summed E-state index contributed by atoms with van der Waals surface area (Å²) in [6, 6.07) is 0. The van der Waals surface area contributed by atoms with Gasteiger partial charge in [0.05, 0.1) is 6.42 Å². The zero-order chi connectivity index (χ0) is 8.36. The SMILES string of the molecule is O=S(O)C(O)CC(F)(F)F. The molecular weight excluding hydrogens is 173 g/mol. The highest BCUT2D eigenvalue weighted by Crippen LogP contribution is 2.22. The minimum absolute atomic E-state index is 1.66. The van der Waals surface area contributed by atoms with Crippen LogP contribution >= 0.6 is 0 Å². The molecule has 0 aliphatic rings. The molecule has 62 valence electrons. The number of aliphatic hydroxyl groups excluding tert-OH is 1. The van der Waals surface area contributed by atoms with Gasteiger partial charge in [-0.3, -0.25) is 0 Å². The summed E-state index contributed by atoms with van der Waals surface area (Å²) in [5.41, 5.74) is -2.24. The molecule has 0 aliphatic carbocycles. The van der Waals surface area contributed by atoms with E-state index in [1.807, 2.05) is 0 Å². The van der Waals surface area contributed by atoms with E-state index in [0.29, 0.717) is 0 Å². The van der Waals surface area contributed by atoms with Gasteiger partial charge in [-0.15, -0.1) is 0 Å². The highest BCUT2D eigenvalue weighted by Gasteiger charge is 2.33. The summed E-state index contributed by atoms with van der Waals surface area (Å²) in [6.45, 7) is 0. The van der Waals surface area contributed by atoms with Crippen LogP contribution in [0.3, 0.4) is 0 Å². The Morgan fingerprint density at radius 2 is 1.90 bits per heavy atom. The molecular formula is C3H5F3O3S. The molecule has 0 amide bonds. The van der Waals surface area contributed by atoms with Crippen LogP contribution < -0.4 is 0 Å². The van der Waals surface area contributed by atoms with Gasteiger partial charge in [-0.1, -0.05) is 0 Å². The summed E-state index contributed by atoms with van der Waals surface area (Å²) in [5.74, 6) is 0. The quantitative estimate of drug-likeness (QED) is 0.604. The molecule has 0 saturated carbocycles. The van der Waals surface area contributed by atoms with Gasteiger partial charge in [-0.05, 0) is 0 Å². The molecule has 2 atom stereocenters. The maximum absolute atomic E-state index is 11.3. The van der Waals surface area contributed by atoms with Gasteiger partial charge in [-0.25, -0.2) is 4.21 Å². The summed E-state index contributed by atoms with van der Waals surface area (Å²) in [6.07, 6.45) is -6.26. The van der Waals surface area contributed by atoms with Crippen LogP contribution in [0.1, 0.15) is 6.42 Å². The van der Waals surface area contributed by atoms with E-state index < -0.39 is 29.1 Å². The maximum Gasteiger partial charge on any atom is 0.392 e. The Morgan fingerprint density at radius 3 is 2.00 bits per heavy atom. The normalized spacial score (nSPS) is 18.5. The van der Waals surface area contributed by atoms with Crippen LogP contribution in [0.5, 0.6) is 0 Å². The lowest BCUT2D eigenvalue weighted by atomic mass is 10.4. The molecule has 0 radical (unpaired) electrons. The minimum atomic E-state index is -4.60. The first-order valence-electron chi connectivity index (χ1n) is 2.17. The van der Waals surface area contributed by atoms with Crippen LogP contribution in [-0.2, 0) is 11.1 Å². The van der Waals surface area contributed by atoms with Gasteiger partial charge in [0.1, 0.15) is 0 Å².